The highest BCUT2D eigenvalue weighted by atomic mass is 19.1. The van der Waals surface area contributed by atoms with E-state index < -0.39 is 5.82 Å². The fourth-order valence-corrected chi connectivity index (χ4v) is 1.53. The van der Waals surface area contributed by atoms with Crippen LogP contribution in [0.15, 0.2) is 12.1 Å². The van der Waals surface area contributed by atoms with E-state index in [9.17, 15) is 9.18 Å². The van der Waals surface area contributed by atoms with Gasteiger partial charge >= 0.3 is 0 Å². The van der Waals surface area contributed by atoms with E-state index in [0.717, 1.165) is 6.29 Å². The van der Waals surface area contributed by atoms with Gasteiger partial charge in [-0.2, -0.15) is 0 Å². The van der Waals surface area contributed by atoms with E-state index in [1.165, 1.54) is 0 Å². The molecule has 1 aromatic rings. The number of hydrogen-bond donors (Lipinski definition) is 0. The smallest absolute Gasteiger partial charge is 0.197 e. The molecule has 0 spiro atoms. The van der Waals surface area contributed by atoms with Gasteiger partial charge in [-0.15, -0.1) is 0 Å². The normalized spacial score (nSPS) is 13.7. The fraction of sp³-hybridized carbons (Fsp3) is 0.364. The van der Waals surface area contributed by atoms with Crippen LogP contribution in [0, 0.1) is 5.82 Å². The van der Waals surface area contributed by atoms with Crippen molar-refractivity contribution in [3.63, 3.8) is 0 Å². The van der Waals surface area contributed by atoms with Crippen LogP contribution in [-0.2, 0) is 11.2 Å². The first-order valence-electron chi connectivity index (χ1n) is 4.83. The molecule has 2 rings (SSSR count). The molecule has 0 saturated heterocycles. The molecular weight excluding hydrogens is 199 g/mol. The van der Waals surface area contributed by atoms with E-state index in [-0.39, 0.29) is 5.75 Å². The monoisotopic (exact) mass is 210 g/mol. The molecule has 0 fully saturated rings. The molecule has 15 heavy (non-hydrogen) atoms. The number of carbonyl (C=O) groups excluding carboxylic acids is 1. The average Bonchev–Trinajstić information content (AvgIpc) is 2.29. The summed E-state index contributed by atoms with van der Waals surface area (Å²) in [4.78, 5) is 10.2. The van der Waals surface area contributed by atoms with E-state index in [2.05, 4.69) is 0 Å². The van der Waals surface area contributed by atoms with Crippen LogP contribution in [0.25, 0.3) is 0 Å². The van der Waals surface area contributed by atoms with Crippen LogP contribution in [-0.4, -0.2) is 19.5 Å². The van der Waals surface area contributed by atoms with Crippen LogP contribution in [0.4, 0.5) is 4.39 Å². The molecule has 1 heterocycles. The molecule has 1 aliphatic heterocycles. The van der Waals surface area contributed by atoms with Gasteiger partial charge in [0.05, 0.1) is 0 Å². The van der Waals surface area contributed by atoms with Crippen LogP contribution >= 0.6 is 0 Å². The van der Waals surface area contributed by atoms with Gasteiger partial charge in [0.25, 0.3) is 0 Å². The first kappa shape index (κ1) is 9.96. The lowest BCUT2D eigenvalue weighted by atomic mass is 10.1. The van der Waals surface area contributed by atoms with Gasteiger partial charge in [-0.1, -0.05) is 6.07 Å². The van der Waals surface area contributed by atoms with E-state index in [0.29, 0.717) is 37.4 Å². The Balaban J connectivity index is 2.30. The molecule has 0 radical (unpaired) electrons. The van der Waals surface area contributed by atoms with Gasteiger partial charge in [0, 0.05) is 6.42 Å². The SMILES string of the molecule is O=CCCc1ccc2c(c1F)OCCO2. The first-order chi connectivity index (χ1) is 7.33. The zero-order valence-corrected chi connectivity index (χ0v) is 8.16. The Morgan fingerprint density at radius 1 is 1.33 bits per heavy atom. The molecule has 80 valence electrons. The minimum Gasteiger partial charge on any atom is -0.486 e. The summed E-state index contributed by atoms with van der Waals surface area (Å²) in [7, 11) is 0. The molecule has 0 aliphatic carbocycles. The fourth-order valence-electron chi connectivity index (χ4n) is 1.53. The van der Waals surface area contributed by atoms with Crippen LogP contribution in [0.3, 0.4) is 0 Å². The highest BCUT2D eigenvalue weighted by molar-refractivity contribution is 5.51. The molecule has 0 amide bonds. The van der Waals surface area contributed by atoms with Gasteiger partial charge in [0.15, 0.2) is 17.3 Å². The Morgan fingerprint density at radius 2 is 2.13 bits per heavy atom. The van der Waals surface area contributed by atoms with Crippen molar-refractivity contribution in [2.45, 2.75) is 12.8 Å². The number of halogens is 1. The van der Waals surface area contributed by atoms with Crippen LogP contribution in [0.2, 0.25) is 0 Å². The summed E-state index contributed by atoms with van der Waals surface area (Å²) >= 11 is 0. The molecule has 3 nitrogen and oxygen atoms in total. The standard InChI is InChI=1S/C11H11FO3/c12-10-8(2-1-5-13)3-4-9-11(10)15-7-6-14-9/h3-5H,1-2,6-7H2. The third-order valence-corrected chi connectivity index (χ3v) is 2.26. The third-order valence-electron chi connectivity index (χ3n) is 2.26. The maximum absolute atomic E-state index is 13.8. The molecule has 0 N–H and O–H groups in total. The Labute approximate surface area is 86.8 Å². The second-order valence-electron chi connectivity index (χ2n) is 3.27. The lowest BCUT2D eigenvalue weighted by Crippen LogP contribution is -2.17. The Bertz CT molecular complexity index is 376. The molecular formula is C11H11FO3. The molecule has 0 aromatic heterocycles. The van der Waals surface area contributed by atoms with Crippen molar-refractivity contribution < 1.29 is 18.7 Å². The molecule has 1 aliphatic rings. The number of ether oxygens (including phenoxy) is 2. The predicted molar refractivity (Wildman–Crippen MR) is 51.8 cm³/mol. The average molecular weight is 210 g/mol. The summed E-state index contributed by atoms with van der Waals surface area (Å²) in [6.07, 6.45) is 1.48. The van der Waals surface area contributed by atoms with Gasteiger partial charge in [0.1, 0.15) is 19.5 Å². The molecule has 4 heteroatoms. The number of aldehydes is 1. The van der Waals surface area contributed by atoms with Crippen molar-refractivity contribution in [1.29, 1.82) is 0 Å². The second-order valence-corrected chi connectivity index (χ2v) is 3.27. The van der Waals surface area contributed by atoms with E-state index in [4.69, 9.17) is 9.47 Å². The zero-order valence-electron chi connectivity index (χ0n) is 8.16. The number of aryl methyl sites for hydroxylation is 1. The van der Waals surface area contributed by atoms with Crippen molar-refractivity contribution in [3.8, 4) is 11.5 Å². The van der Waals surface area contributed by atoms with E-state index in [1.807, 2.05) is 0 Å². The highest BCUT2D eigenvalue weighted by Gasteiger charge is 2.18. The highest BCUT2D eigenvalue weighted by Crippen LogP contribution is 2.34. The Hall–Kier alpha value is -1.58. The van der Waals surface area contributed by atoms with Gasteiger partial charge in [-0.05, 0) is 18.1 Å². The zero-order chi connectivity index (χ0) is 10.7. The summed E-state index contributed by atoms with van der Waals surface area (Å²) in [5.74, 6) is 0.201. The number of hydrogen-bond acceptors (Lipinski definition) is 3. The van der Waals surface area contributed by atoms with Gasteiger partial charge in [-0.3, -0.25) is 0 Å². The Morgan fingerprint density at radius 3 is 2.93 bits per heavy atom. The minimum atomic E-state index is -0.408. The van der Waals surface area contributed by atoms with Crippen molar-refractivity contribution in [2.75, 3.05) is 13.2 Å². The molecule has 1 aromatic carbocycles. The van der Waals surface area contributed by atoms with E-state index in [1.54, 1.807) is 12.1 Å². The topological polar surface area (TPSA) is 35.5 Å². The van der Waals surface area contributed by atoms with Crippen molar-refractivity contribution >= 4 is 6.29 Å². The first-order valence-corrected chi connectivity index (χ1v) is 4.83. The maximum atomic E-state index is 13.8. The lowest BCUT2D eigenvalue weighted by Gasteiger charge is -2.19. The summed E-state index contributed by atoms with van der Waals surface area (Å²) in [5.41, 5.74) is 0.492. The Kier molecular flexibility index (Phi) is 2.85. The molecule has 0 unspecified atom stereocenters. The maximum Gasteiger partial charge on any atom is 0.197 e. The number of benzene rings is 1. The van der Waals surface area contributed by atoms with Crippen molar-refractivity contribution in [2.24, 2.45) is 0 Å². The summed E-state index contributed by atoms with van der Waals surface area (Å²) < 4.78 is 24.2. The van der Waals surface area contributed by atoms with Crippen LogP contribution in [0.5, 0.6) is 11.5 Å². The minimum absolute atomic E-state index is 0.171. The van der Waals surface area contributed by atoms with E-state index >= 15 is 0 Å². The molecule has 0 atom stereocenters. The van der Waals surface area contributed by atoms with Gasteiger partial charge in [0.2, 0.25) is 0 Å². The van der Waals surface area contributed by atoms with Gasteiger partial charge in [-0.25, -0.2) is 4.39 Å². The second kappa shape index (κ2) is 4.29. The van der Waals surface area contributed by atoms with Gasteiger partial charge < -0.3 is 14.3 Å². The quantitative estimate of drug-likeness (QED) is 0.713. The third kappa shape index (κ3) is 1.93. The summed E-state index contributed by atoms with van der Waals surface area (Å²) in [6.45, 7) is 0.807. The van der Waals surface area contributed by atoms with Crippen molar-refractivity contribution in [3.05, 3.63) is 23.5 Å². The summed E-state index contributed by atoms with van der Waals surface area (Å²) in [6, 6.07) is 3.31. The largest absolute Gasteiger partial charge is 0.486 e. The lowest BCUT2D eigenvalue weighted by molar-refractivity contribution is -0.107. The van der Waals surface area contributed by atoms with Crippen molar-refractivity contribution in [1.82, 2.24) is 0 Å². The number of rotatable bonds is 3. The summed E-state index contributed by atoms with van der Waals surface area (Å²) in [5, 5.41) is 0. The molecule has 0 saturated carbocycles. The van der Waals surface area contributed by atoms with Crippen LogP contribution in [0.1, 0.15) is 12.0 Å². The molecule has 0 bridgehead atoms. The number of carbonyl (C=O) groups is 1. The van der Waals surface area contributed by atoms with Crippen LogP contribution < -0.4 is 9.47 Å². The predicted octanol–water partition coefficient (Wildman–Crippen LogP) is 1.73. The number of fused-ring (bicyclic) bond motifs is 1.